The lowest BCUT2D eigenvalue weighted by Gasteiger charge is -2.25. The second-order valence-corrected chi connectivity index (χ2v) is 5.61. The Morgan fingerprint density at radius 3 is 2.79 bits per heavy atom. The summed E-state index contributed by atoms with van der Waals surface area (Å²) in [5.74, 6) is 1.11. The largest absolute Gasteiger partial charge is 0.506 e. The maximum atomic E-state index is 10.8. The summed E-state index contributed by atoms with van der Waals surface area (Å²) in [6.07, 6.45) is 4.93. The molecule has 1 aromatic carbocycles. The zero-order chi connectivity index (χ0) is 13.5. The van der Waals surface area contributed by atoms with Crippen LogP contribution < -0.4 is 9.47 Å². The molecule has 0 aromatic heterocycles. The van der Waals surface area contributed by atoms with Crippen LogP contribution in [0.25, 0.3) is 0 Å². The predicted octanol–water partition coefficient (Wildman–Crippen LogP) is 2.99. The fourth-order valence-electron chi connectivity index (χ4n) is 2.90. The molecule has 3 rings (SSSR count). The van der Waals surface area contributed by atoms with Crippen molar-refractivity contribution in [2.45, 2.75) is 31.2 Å². The summed E-state index contributed by atoms with van der Waals surface area (Å²) in [4.78, 5) is 14.8. The highest BCUT2D eigenvalue weighted by atomic mass is 79.9. The number of nitrogens with zero attached hydrogens (tertiary/aromatic N) is 1. The average Bonchev–Trinajstić information content (AvgIpc) is 3.01. The molecule has 1 aromatic rings. The SMILES string of the molecule is O=C=NC1(c2c(O)c(Br)cc3c2OCO3)CCCC1. The maximum absolute atomic E-state index is 10.8. The molecule has 100 valence electrons. The zero-order valence-electron chi connectivity index (χ0n) is 10.1. The molecule has 0 amide bonds. The summed E-state index contributed by atoms with van der Waals surface area (Å²) in [5.41, 5.74) is -0.205. The van der Waals surface area contributed by atoms with Crippen LogP contribution in [-0.4, -0.2) is 18.0 Å². The van der Waals surface area contributed by atoms with E-state index in [4.69, 9.17) is 9.47 Å². The van der Waals surface area contributed by atoms with Gasteiger partial charge in [-0.25, -0.2) is 4.79 Å². The highest BCUT2D eigenvalue weighted by molar-refractivity contribution is 9.10. The summed E-state index contributed by atoms with van der Waals surface area (Å²) in [7, 11) is 0. The molecule has 1 aliphatic heterocycles. The van der Waals surface area contributed by atoms with Crippen molar-refractivity contribution < 1.29 is 19.4 Å². The molecule has 1 heterocycles. The van der Waals surface area contributed by atoms with Gasteiger partial charge in [-0.05, 0) is 28.8 Å². The molecular formula is C13H12BrNO4. The van der Waals surface area contributed by atoms with Gasteiger partial charge in [-0.1, -0.05) is 12.8 Å². The molecule has 1 saturated carbocycles. The Kier molecular flexibility index (Phi) is 2.99. The average molecular weight is 326 g/mol. The van der Waals surface area contributed by atoms with Gasteiger partial charge in [0.05, 0.1) is 10.0 Å². The van der Waals surface area contributed by atoms with Gasteiger partial charge in [0.25, 0.3) is 0 Å². The number of halogens is 1. The van der Waals surface area contributed by atoms with Gasteiger partial charge in [0, 0.05) is 6.07 Å². The van der Waals surface area contributed by atoms with E-state index in [0.29, 0.717) is 34.4 Å². The highest BCUT2D eigenvalue weighted by Gasteiger charge is 2.43. The van der Waals surface area contributed by atoms with E-state index >= 15 is 0 Å². The number of phenolic OH excluding ortho intramolecular Hbond substituents is 1. The lowest BCUT2D eigenvalue weighted by molar-refractivity contribution is 0.171. The molecule has 19 heavy (non-hydrogen) atoms. The Morgan fingerprint density at radius 1 is 1.37 bits per heavy atom. The van der Waals surface area contributed by atoms with E-state index in [1.165, 1.54) is 0 Å². The minimum Gasteiger partial charge on any atom is -0.506 e. The van der Waals surface area contributed by atoms with Crippen LogP contribution in [0.4, 0.5) is 0 Å². The van der Waals surface area contributed by atoms with E-state index in [-0.39, 0.29) is 12.5 Å². The molecule has 1 N–H and O–H groups in total. The Morgan fingerprint density at radius 2 is 2.11 bits per heavy atom. The van der Waals surface area contributed by atoms with Crippen molar-refractivity contribution in [2.24, 2.45) is 4.99 Å². The molecule has 0 bridgehead atoms. The Labute approximate surface area is 118 Å². The van der Waals surface area contributed by atoms with E-state index in [1.807, 2.05) is 0 Å². The van der Waals surface area contributed by atoms with Crippen LogP contribution in [-0.2, 0) is 10.3 Å². The van der Waals surface area contributed by atoms with Crippen LogP contribution in [0.15, 0.2) is 15.5 Å². The number of phenols is 1. The molecular weight excluding hydrogens is 314 g/mol. The van der Waals surface area contributed by atoms with Gasteiger partial charge in [-0.15, -0.1) is 0 Å². The molecule has 0 atom stereocenters. The first-order valence-corrected chi connectivity index (χ1v) is 6.88. The van der Waals surface area contributed by atoms with Gasteiger partial charge in [0.1, 0.15) is 11.3 Å². The third kappa shape index (κ3) is 1.83. The summed E-state index contributed by atoms with van der Waals surface area (Å²) in [5, 5.41) is 10.3. The minimum atomic E-state index is -0.743. The Bertz CT molecular complexity index is 574. The first kappa shape index (κ1) is 12.5. The first-order chi connectivity index (χ1) is 9.18. The Balaban J connectivity index is 2.26. The molecule has 0 unspecified atom stereocenters. The van der Waals surface area contributed by atoms with Crippen LogP contribution in [0.5, 0.6) is 17.2 Å². The number of aliphatic imine (C=N–C) groups is 1. The van der Waals surface area contributed by atoms with E-state index in [1.54, 1.807) is 12.1 Å². The van der Waals surface area contributed by atoms with Crippen molar-refractivity contribution in [3.63, 3.8) is 0 Å². The molecule has 1 fully saturated rings. The number of carbonyl (C=O) groups excluding carboxylic acids is 1. The van der Waals surface area contributed by atoms with Gasteiger partial charge < -0.3 is 14.6 Å². The number of isocyanates is 1. The summed E-state index contributed by atoms with van der Waals surface area (Å²) < 4.78 is 11.3. The van der Waals surface area contributed by atoms with E-state index in [9.17, 15) is 9.90 Å². The molecule has 2 aliphatic rings. The highest BCUT2D eigenvalue weighted by Crippen LogP contribution is 2.55. The van der Waals surface area contributed by atoms with Gasteiger partial charge in [-0.3, -0.25) is 0 Å². The van der Waals surface area contributed by atoms with E-state index in [0.717, 1.165) is 12.8 Å². The number of rotatable bonds is 2. The predicted molar refractivity (Wildman–Crippen MR) is 70.2 cm³/mol. The van der Waals surface area contributed by atoms with Crippen LogP contribution in [0.3, 0.4) is 0 Å². The first-order valence-electron chi connectivity index (χ1n) is 6.08. The fourth-order valence-corrected chi connectivity index (χ4v) is 3.30. The minimum absolute atomic E-state index is 0.0603. The second kappa shape index (κ2) is 4.54. The molecule has 0 radical (unpaired) electrons. The number of fused-ring (bicyclic) bond motifs is 1. The maximum Gasteiger partial charge on any atom is 0.235 e. The lowest BCUT2D eigenvalue weighted by atomic mass is 9.87. The van der Waals surface area contributed by atoms with Crippen molar-refractivity contribution >= 4 is 22.0 Å². The number of hydrogen-bond acceptors (Lipinski definition) is 5. The van der Waals surface area contributed by atoms with Crippen LogP contribution >= 0.6 is 15.9 Å². The smallest absolute Gasteiger partial charge is 0.235 e. The number of hydrogen-bond donors (Lipinski definition) is 1. The second-order valence-electron chi connectivity index (χ2n) is 4.76. The van der Waals surface area contributed by atoms with Crippen molar-refractivity contribution in [3.05, 3.63) is 16.1 Å². The summed E-state index contributed by atoms with van der Waals surface area (Å²) in [6, 6.07) is 1.66. The summed E-state index contributed by atoms with van der Waals surface area (Å²) >= 11 is 3.30. The monoisotopic (exact) mass is 325 g/mol. The zero-order valence-corrected chi connectivity index (χ0v) is 11.7. The molecule has 6 heteroatoms. The Hall–Kier alpha value is -1.52. The number of benzene rings is 1. The fraction of sp³-hybridized carbons (Fsp3) is 0.462. The van der Waals surface area contributed by atoms with Gasteiger partial charge in [0.2, 0.25) is 12.9 Å². The van der Waals surface area contributed by atoms with Crippen LogP contribution in [0.2, 0.25) is 0 Å². The lowest BCUT2D eigenvalue weighted by Crippen LogP contribution is -2.20. The summed E-state index contributed by atoms with van der Waals surface area (Å²) in [6.45, 7) is 0.110. The topological polar surface area (TPSA) is 68.1 Å². The van der Waals surface area contributed by atoms with Gasteiger partial charge in [-0.2, -0.15) is 4.99 Å². The van der Waals surface area contributed by atoms with Gasteiger partial charge >= 0.3 is 0 Å². The molecule has 0 spiro atoms. The number of aromatic hydroxyl groups is 1. The van der Waals surface area contributed by atoms with E-state index in [2.05, 4.69) is 20.9 Å². The van der Waals surface area contributed by atoms with Crippen molar-refractivity contribution in [2.75, 3.05) is 6.79 Å². The normalized spacial score (nSPS) is 19.2. The van der Waals surface area contributed by atoms with E-state index < -0.39 is 5.54 Å². The van der Waals surface area contributed by atoms with Crippen molar-refractivity contribution in [3.8, 4) is 17.2 Å². The van der Waals surface area contributed by atoms with Crippen molar-refractivity contribution in [1.29, 1.82) is 0 Å². The van der Waals surface area contributed by atoms with Crippen molar-refractivity contribution in [1.82, 2.24) is 0 Å². The molecule has 1 aliphatic carbocycles. The molecule has 0 saturated heterocycles. The standard InChI is InChI=1S/C13H12BrNO4/c14-8-5-9-12(19-7-18-9)10(11(8)17)13(15-6-16)3-1-2-4-13/h5,17H,1-4,7H2. The number of ether oxygens (including phenoxy) is 2. The third-order valence-corrected chi connectivity index (χ3v) is 4.35. The van der Waals surface area contributed by atoms with Gasteiger partial charge in [0.15, 0.2) is 11.5 Å². The third-order valence-electron chi connectivity index (χ3n) is 3.75. The van der Waals surface area contributed by atoms with Crippen LogP contribution in [0.1, 0.15) is 31.2 Å². The quantitative estimate of drug-likeness (QED) is 0.670. The molecule has 5 nitrogen and oxygen atoms in total. The van der Waals surface area contributed by atoms with Crippen LogP contribution in [0, 0.1) is 0 Å².